The summed E-state index contributed by atoms with van der Waals surface area (Å²) in [5.74, 6) is -0.380. The van der Waals surface area contributed by atoms with Gasteiger partial charge in [-0.25, -0.2) is 8.42 Å². The summed E-state index contributed by atoms with van der Waals surface area (Å²) in [4.78, 5) is 29.4. The Bertz CT molecular complexity index is 1500. The van der Waals surface area contributed by atoms with Gasteiger partial charge >= 0.3 is 0 Å². The number of hydrogen-bond acceptors (Lipinski definition) is 5. The van der Waals surface area contributed by atoms with Gasteiger partial charge in [0.1, 0.15) is 18.3 Å². The van der Waals surface area contributed by atoms with Crippen molar-refractivity contribution in [2.75, 3.05) is 17.5 Å². The fraction of sp³-hybridized carbons (Fsp3) is 0.412. The van der Waals surface area contributed by atoms with Crippen LogP contribution >= 0.6 is 0 Å². The number of ether oxygens (including phenoxy) is 1. The summed E-state index contributed by atoms with van der Waals surface area (Å²) in [7, 11) is -4.18. The van der Waals surface area contributed by atoms with Crippen molar-refractivity contribution in [2.24, 2.45) is 0 Å². The molecule has 1 atom stereocenters. The molecule has 1 saturated carbocycles. The first-order chi connectivity index (χ1) is 20.6. The molecule has 1 N–H and O–H groups in total. The highest BCUT2D eigenvalue weighted by Gasteiger charge is 2.34. The number of carbonyl (C=O) groups is 2. The normalized spacial score (nSPS) is 14.5. The van der Waals surface area contributed by atoms with E-state index in [2.05, 4.69) is 5.32 Å². The fourth-order valence-corrected chi connectivity index (χ4v) is 6.84. The Labute approximate surface area is 256 Å². The minimum atomic E-state index is -4.18. The van der Waals surface area contributed by atoms with Crippen molar-refractivity contribution in [2.45, 2.75) is 83.3 Å². The maximum Gasteiger partial charge on any atom is 0.264 e. The number of amides is 2. The maximum absolute atomic E-state index is 14.3. The van der Waals surface area contributed by atoms with Crippen molar-refractivity contribution < 1.29 is 22.7 Å². The molecule has 0 unspecified atom stereocenters. The Kier molecular flexibility index (Phi) is 10.9. The van der Waals surface area contributed by atoms with Crippen LogP contribution in [0.25, 0.3) is 0 Å². The van der Waals surface area contributed by atoms with Gasteiger partial charge in [0.05, 0.1) is 17.2 Å². The zero-order valence-electron chi connectivity index (χ0n) is 25.6. The second-order valence-electron chi connectivity index (χ2n) is 11.2. The molecule has 9 heteroatoms. The van der Waals surface area contributed by atoms with Gasteiger partial charge in [-0.3, -0.25) is 13.9 Å². The summed E-state index contributed by atoms with van der Waals surface area (Å²) in [6.07, 6.45) is 5.13. The Morgan fingerprint density at radius 1 is 0.930 bits per heavy atom. The van der Waals surface area contributed by atoms with E-state index >= 15 is 0 Å². The molecule has 0 saturated heterocycles. The zero-order chi connectivity index (χ0) is 31.0. The smallest absolute Gasteiger partial charge is 0.264 e. The summed E-state index contributed by atoms with van der Waals surface area (Å²) in [6.45, 7) is 7.34. The number of carbonyl (C=O) groups excluding carboxylic acids is 2. The minimum absolute atomic E-state index is 0.0609. The highest BCUT2D eigenvalue weighted by atomic mass is 32.2. The molecule has 1 aliphatic rings. The van der Waals surface area contributed by atoms with Gasteiger partial charge < -0.3 is 15.0 Å². The van der Waals surface area contributed by atoms with E-state index in [0.29, 0.717) is 12.4 Å². The number of benzene rings is 3. The topological polar surface area (TPSA) is 96.0 Å². The van der Waals surface area contributed by atoms with Gasteiger partial charge in [-0.05, 0) is 75.9 Å². The average molecular weight is 606 g/mol. The van der Waals surface area contributed by atoms with Crippen molar-refractivity contribution >= 4 is 27.5 Å². The van der Waals surface area contributed by atoms with Crippen LogP contribution in [0.2, 0.25) is 0 Å². The van der Waals surface area contributed by atoms with Crippen LogP contribution in [0.5, 0.6) is 5.75 Å². The molecule has 4 rings (SSSR count). The molecule has 0 aliphatic heterocycles. The van der Waals surface area contributed by atoms with E-state index in [1.807, 2.05) is 45.0 Å². The van der Waals surface area contributed by atoms with Crippen molar-refractivity contribution in [3.63, 3.8) is 0 Å². The molecule has 0 heterocycles. The van der Waals surface area contributed by atoms with Crippen molar-refractivity contribution in [1.29, 1.82) is 0 Å². The second-order valence-corrected chi connectivity index (χ2v) is 13.1. The number of nitrogens with one attached hydrogen (secondary N) is 1. The molecule has 3 aromatic carbocycles. The Hall–Kier alpha value is -3.85. The zero-order valence-corrected chi connectivity index (χ0v) is 26.4. The lowest BCUT2D eigenvalue weighted by Gasteiger charge is -2.33. The Balaban J connectivity index is 1.72. The third-order valence-electron chi connectivity index (χ3n) is 8.04. The molecule has 1 fully saturated rings. The van der Waals surface area contributed by atoms with E-state index in [1.54, 1.807) is 43.3 Å². The maximum atomic E-state index is 14.3. The third-order valence-corrected chi connectivity index (χ3v) is 9.82. The molecule has 2 amide bonds. The number of rotatable bonds is 12. The Morgan fingerprint density at radius 2 is 1.58 bits per heavy atom. The number of hydrogen-bond donors (Lipinski definition) is 1. The van der Waals surface area contributed by atoms with E-state index in [4.69, 9.17) is 4.74 Å². The van der Waals surface area contributed by atoms with E-state index in [9.17, 15) is 18.0 Å². The lowest BCUT2D eigenvalue weighted by molar-refractivity contribution is -0.139. The summed E-state index contributed by atoms with van der Waals surface area (Å²) in [5, 5.41) is 3.14. The van der Waals surface area contributed by atoms with Crippen LogP contribution in [0.3, 0.4) is 0 Å². The van der Waals surface area contributed by atoms with Gasteiger partial charge in [0.25, 0.3) is 10.0 Å². The van der Waals surface area contributed by atoms with Crippen LogP contribution < -0.4 is 14.4 Å². The van der Waals surface area contributed by atoms with Crippen LogP contribution in [0, 0.1) is 13.8 Å². The summed E-state index contributed by atoms with van der Waals surface area (Å²) >= 11 is 0. The molecule has 8 nitrogen and oxygen atoms in total. The molecular weight excluding hydrogens is 562 g/mol. The van der Waals surface area contributed by atoms with E-state index in [1.165, 1.54) is 17.0 Å². The average Bonchev–Trinajstić information content (AvgIpc) is 3.00. The van der Waals surface area contributed by atoms with Gasteiger partial charge in [0.15, 0.2) is 0 Å². The molecule has 0 spiro atoms. The van der Waals surface area contributed by atoms with E-state index in [0.717, 1.165) is 53.1 Å². The van der Waals surface area contributed by atoms with Crippen molar-refractivity contribution in [3.8, 4) is 5.75 Å². The fourth-order valence-electron chi connectivity index (χ4n) is 5.41. The first kappa shape index (κ1) is 32.1. The molecule has 0 bridgehead atoms. The molecule has 43 heavy (non-hydrogen) atoms. The summed E-state index contributed by atoms with van der Waals surface area (Å²) < 4.78 is 35.2. The highest BCUT2D eigenvalue weighted by Crippen LogP contribution is 2.33. The van der Waals surface area contributed by atoms with Crippen LogP contribution in [0.1, 0.15) is 62.6 Å². The molecule has 230 valence electrons. The third kappa shape index (κ3) is 7.96. The molecule has 0 aromatic heterocycles. The van der Waals surface area contributed by atoms with E-state index in [-0.39, 0.29) is 29.1 Å². The van der Waals surface area contributed by atoms with Gasteiger partial charge in [-0.2, -0.15) is 0 Å². The Morgan fingerprint density at radius 3 is 2.26 bits per heavy atom. The minimum Gasteiger partial charge on any atom is -0.492 e. The van der Waals surface area contributed by atoms with Gasteiger partial charge in [-0.1, -0.05) is 73.4 Å². The summed E-state index contributed by atoms with van der Waals surface area (Å²) in [6, 6.07) is 20.3. The predicted octanol–water partition coefficient (Wildman–Crippen LogP) is 5.76. The lowest BCUT2D eigenvalue weighted by Crippen LogP contribution is -2.53. The number of anilines is 1. The number of nitrogens with zero attached hydrogens (tertiary/aromatic N) is 2. The number of para-hydroxylation sites is 2. The van der Waals surface area contributed by atoms with Crippen molar-refractivity contribution in [3.05, 3.63) is 89.5 Å². The quantitative estimate of drug-likeness (QED) is 0.283. The van der Waals surface area contributed by atoms with Crippen molar-refractivity contribution in [1.82, 2.24) is 10.2 Å². The monoisotopic (exact) mass is 605 g/mol. The van der Waals surface area contributed by atoms with Crippen LogP contribution in [-0.2, 0) is 26.2 Å². The lowest BCUT2D eigenvalue weighted by atomic mass is 9.95. The summed E-state index contributed by atoms with van der Waals surface area (Å²) in [5.41, 5.74) is 3.04. The largest absolute Gasteiger partial charge is 0.492 e. The predicted molar refractivity (Wildman–Crippen MR) is 170 cm³/mol. The molecule has 0 radical (unpaired) electrons. The van der Waals surface area contributed by atoms with E-state index < -0.39 is 28.5 Å². The van der Waals surface area contributed by atoms with Gasteiger partial charge in [-0.15, -0.1) is 0 Å². The standard InChI is InChI=1S/C34H43N3O5S/c1-5-42-32-18-12-11-17-31(32)37(43(40,41)30-21-19-25(2)20-22-30)24-33(38)36(23-28-14-10-9-13-26(28)3)27(4)34(39)35-29-15-7-6-8-16-29/h9-14,17-22,27,29H,5-8,15-16,23-24H2,1-4H3,(H,35,39)/t27-/m0/s1. The number of sulfonamides is 1. The van der Waals surface area contributed by atoms with Crippen LogP contribution in [-0.4, -0.2) is 50.4 Å². The molecule has 1 aliphatic carbocycles. The first-order valence-electron chi connectivity index (χ1n) is 15.1. The SMILES string of the molecule is CCOc1ccccc1N(CC(=O)N(Cc1ccccc1C)[C@@H](C)C(=O)NC1CCCCC1)S(=O)(=O)c1ccc(C)cc1. The molecule has 3 aromatic rings. The van der Waals surface area contributed by atoms with Gasteiger partial charge in [0, 0.05) is 12.6 Å². The van der Waals surface area contributed by atoms with Crippen LogP contribution in [0.15, 0.2) is 77.7 Å². The second kappa shape index (κ2) is 14.6. The van der Waals surface area contributed by atoms with Crippen LogP contribution in [0.4, 0.5) is 5.69 Å². The molecular formula is C34H43N3O5S. The highest BCUT2D eigenvalue weighted by molar-refractivity contribution is 7.92. The number of aryl methyl sites for hydroxylation is 2. The first-order valence-corrected chi connectivity index (χ1v) is 16.5. The van der Waals surface area contributed by atoms with Gasteiger partial charge in [0.2, 0.25) is 11.8 Å².